The number of rotatable bonds is 5. The lowest BCUT2D eigenvalue weighted by Gasteiger charge is -2.12. The first-order valence-electron chi connectivity index (χ1n) is 5.74. The highest BCUT2D eigenvalue weighted by Crippen LogP contribution is 2.24. The van der Waals surface area contributed by atoms with Gasteiger partial charge < -0.3 is 15.1 Å². The standard InChI is InChI=1S/C12H14N4O3/c1-8(10-4-3-5-19-10)14-12-7-9(16(17)18)6-11(13-2)15-12/h3-8H,1-2H3,(H2,13,14,15). The van der Waals surface area contributed by atoms with Crippen LogP contribution in [0.5, 0.6) is 0 Å². The Labute approximate surface area is 109 Å². The monoisotopic (exact) mass is 262 g/mol. The highest BCUT2D eigenvalue weighted by molar-refractivity contribution is 5.54. The molecule has 0 amide bonds. The minimum Gasteiger partial charge on any atom is -0.467 e. The van der Waals surface area contributed by atoms with E-state index < -0.39 is 4.92 Å². The van der Waals surface area contributed by atoms with Crippen molar-refractivity contribution in [2.75, 3.05) is 17.7 Å². The molecule has 0 aliphatic carbocycles. The molecule has 7 nitrogen and oxygen atoms in total. The van der Waals surface area contributed by atoms with Crippen molar-refractivity contribution < 1.29 is 9.34 Å². The Hall–Kier alpha value is -2.57. The van der Waals surface area contributed by atoms with Crippen molar-refractivity contribution in [2.45, 2.75) is 13.0 Å². The van der Waals surface area contributed by atoms with E-state index in [0.29, 0.717) is 11.6 Å². The quantitative estimate of drug-likeness (QED) is 0.635. The van der Waals surface area contributed by atoms with Crippen LogP contribution in [0.2, 0.25) is 0 Å². The fraction of sp³-hybridized carbons (Fsp3) is 0.250. The second-order valence-electron chi connectivity index (χ2n) is 3.98. The number of nitro groups is 1. The van der Waals surface area contributed by atoms with Crippen molar-refractivity contribution in [1.82, 2.24) is 4.98 Å². The molecule has 100 valence electrons. The van der Waals surface area contributed by atoms with E-state index in [9.17, 15) is 10.1 Å². The topological polar surface area (TPSA) is 93.2 Å². The summed E-state index contributed by atoms with van der Waals surface area (Å²) in [4.78, 5) is 14.6. The van der Waals surface area contributed by atoms with Crippen molar-refractivity contribution in [2.24, 2.45) is 0 Å². The van der Waals surface area contributed by atoms with Crippen molar-refractivity contribution in [1.29, 1.82) is 0 Å². The maximum atomic E-state index is 10.8. The van der Waals surface area contributed by atoms with Gasteiger partial charge in [-0.3, -0.25) is 10.1 Å². The predicted octanol–water partition coefficient (Wildman–Crippen LogP) is 2.80. The molecule has 2 aromatic heterocycles. The van der Waals surface area contributed by atoms with Crippen LogP contribution in [0.1, 0.15) is 18.7 Å². The lowest BCUT2D eigenvalue weighted by atomic mass is 10.2. The average Bonchev–Trinajstić information content (AvgIpc) is 2.92. The van der Waals surface area contributed by atoms with Gasteiger partial charge in [0.2, 0.25) is 0 Å². The smallest absolute Gasteiger partial charge is 0.276 e. The molecule has 7 heteroatoms. The van der Waals surface area contributed by atoms with E-state index in [0.717, 1.165) is 5.76 Å². The first-order chi connectivity index (χ1) is 9.10. The van der Waals surface area contributed by atoms with E-state index >= 15 is 0 Å². The number of nitrogens with zero attached hydrogens (tertiary/aromatic N) is 2. The van der Waals surface area contributed by atoms with Gasteiger partial charge in [0.05, 0.1) is 29.4 Å². The number of pyridine rings is 1. The van der Waals surface area contributed by atoms with Crippen LogP contribution < -0.4 is 10.6 Å². The molecule has 0 fully saturated rings. The highest BCUT2D eigenvalue weighted by atomic mass is 16.6. The van der Waals surface area contributed by atoms with E-state index in [4.69, 9.17) is 4.42 Å². The first-order valence-corrected chi connectivity index (χ1v) is 5.74. The van der Waals surface area contributed by atoms with E-state index in [1.807, 2.05) is 13.0 Å². The van der Waals surface area contributed by atoms with Gasteiger partial charge in [0.25, 0.3) is 5.69 Å². The molecule has 0 radical (unpaired) electrons. The Bertz CT molecular complexity index is 568. The second kappa shape index (κ2) is 5.38. The van der Waals surface area contributed by atoms with Gasteiger partial charge in [-0.25, -0.2) is 4.98 Å². The van der Waals surface area contributed by atoms with Crippen LogP contribution in [0.3, 0.4) is 0 Å². The van der Waals surface area contributed by atoms with Crippen LogP contribution in [0, 0.1) is 10.1 Å². The Morgan fingerprint density at radius 2 is 2.16 bits per heavy atom. The molecule has 0 aromatic carbocycles. The number of nitrogens with one attached hydrogen (secondary N) is 2. The third-order valence-corrected chi connectivity index (χ3v) is 2.61. The summed E-state index contributed by atoms with van der Waals surface area (Å²) in [6.07, 6.45) is 1.58. The normalized spacial score (nSPS) is 11.9. The Kier molecular flexibility index (Phi) is 3.65. The highest BCUT2D eigenvalue weighted by Gasteiger charge is 2.14. The fourth-order valence-corrected chi connectivity index (χ4v) is 1.65. The molecule has 19 heavy (non-hydrogen) atoms. The molecular formula is C12H14N4O3. The third kappa shape index (κ3) is 3.01. The van der Waals surface area contributed by atoms with Crippen LogP contribution >= 0.6 is 0 Å². The number of furan rings is 1. The molecule has 0 saturated carbocycles. The van der Waals surface area contributed by atoms with Gasteiger partial charge in [-0.05, 0) is 19.1 Å². The zero-order chi connectivity index (χ0) is 13.8. The molecule has 0 aliphatic heterocycles. The summed E-state index contributed by atoms with van der Waals surface area (Å²) >= 11 is 0. The Morgan fingerprint density at radius 1 is 1.42 bits per heavy atom. The molecule has 2 heterocycles. The van der Waals surface area contributed by atoms with Crippen LogP contribution in [-0.4, -0.2) is 17.0 Å². The van der Waals surface area contributed by atoms with E-state index in [2.05, 4.69) is 15.6 Å². The van der Waals surface area contributed by atoms with Crippen molar-refractivity contribution in [3.8, 4) is 0 Å². The first kappa shape index (κ1) is 12.9. The molecule has 2 rings (SSSR count). The average molecular weight is 262 g/mol. The molecule has 0 aliphatic rings. The fourth-order valence-electron chi connectivity index (χ4n) is 1.65. The molecule has 1 unspecified atom stereocenters. The van der Waals surface area contributed by atoms with Crippen LogP contribution in [0.4, 0.5) is 17.3 Å². The van der Waals surface area contributed by atoms with Gasteiger partial charge in [0, 0.05) is 7.05 Å². The number of hydrogen-bond acceptors (Lipinski definition) is 6. The second-order valence-corrected chi connectivity index (χ2v) is 3.98. The third-order valence-electron chi connectivity index (χ3n) is 2.61. The van der Waals surface area contributed by atoms with Crippen LogP contribution in [-0.2, 0) is 0 Å². The lowest BCUT2D eigenvalue weighted by molar-refractivity contribution is -0.384. The van der Waals surface area contributed by atoms with Crippen LogP contribution in [0.15, 0.2) is 34.9 Å². The summed E-state index contributed by atoms with van der Waals surface area (Å²) in [5.74, 6) is 1.59. The minimum absolute atomic E-state index is 0.0199. The summed E-state index contributed by atoms with van der Waals surface area (Å²) in [5, 5.41) is 16.7. The van der Waals surface area contributed by atoms with Gasteiger partial charge in [-0.1, -0.05) is 0 Å². The molecule has 0 bridgehead atoms. The van der Waals surface area contributed by atoms with Gasteiger partial charge in [0.1, 0.15) is 17.4 Å². The summed E-state index contributed by atoms with van der Waals surface area (Å²) in [5.41, 5.74) is -0.0199. The zero-order valence-corrected chi connectivity index (χ0v) is 10.6. The van der Waals surface area contributed by atoms with Gasteiger partial charge in [0.15, 0.2) is 0 Å². The van der Waals surface area contributed by atoms with Crippen LogP contribution in [0.25, 0.3) is 0 Å². The Morgan fingerprint density at radius 3 is 2.74 bits per heavy atom. The SMILES string of the molecule is CNc1cc([N+](=O)[O-])cc(NC(C)c2ccco2)n1. The van der Waals surface area contributed by atoms with Gasteiger partial charge in [-0.2, -0.15) is 0 Å². The summed E-state index contributed by atoms with van der Waals surface area (Å²) in [7, 11) is 1.66. The van der Waals surface area contributed by atoms with Crippen molar-refractivity contribution >= 4 is 17.3 Å². The molecule has 1 atom stereocenters. The summed E-state index contributed by atoms with van der Waals surface area (Å²) in [6, 6.07) is 6.25. The summed E-state index contributed by atoms with van der Waals surface area (Å²) in [6.45, 7) is 1.89. The molecular weight excluding hydrogens is 248 g/mol. The van der Waals surface area contributed by atoms with E-state index in [1.165, 1.54) is 12.1 Å². The number of aromatic nitrogens is 1. The minimum atomic E-state index is -0.453. The van der Waals surface area contributed by atoms with Crippen molar-refractivity contribution in [3.05, 3.63) is 46.4 Å². The van der Waals surface area contributed by atoms with Gasteiger partial charge >= 0.3 is 0 Å². The van der Waals surface area contributed by atoms with E-state index in [1.54, 1.807) is 19.4 Å². The maximum absolute atomic E-state index is 10.8. The lowest BCUT2D eigenvalue weighted by Crippen LogP contribution is -2.08. The zero-order valence-electron chi connectivity index (χ0n) is 10.6. The maximum Gasteiger partial charge on any atom is 0.276 e. The molecule has 0 saturated heterocycles. The number of anilines is 2. The molecule has 2 N–H and O–H groups in total. The Balaban J connectivity index is 2.24. The van der Waals surface area contributed by atoms with Crippen molar-refractivity contribution in [3.63, 3.8) is 0 Å². The molecule has 2 aromatic rings. The largest absolute Gasteiger partial charge is 0.467 e. The number of hydrogen-bond donors (Lipinski definition) is 2. The van der Waals surface area contributed by atoms with Gasteiger partial charge in [-0.15, -0.1) is 0 Å². The molecule has 0 spiro atoms. The summed E-state index contributed by atoms with van der Waals surface area (Å²) < 4.78 is 5.26. The predicted molar refractivity (Wildman–Crippen MR) is 71.2 cm³/mol. The van der Waals surface area contributed by atoms with E-state index in [-0.39, 0.29) is 11.7 Å².